The van der Waals surface area contributed by atoms with Crippen LogP contribution in [0.2, 0.25) is 0 Å². The molecule has 4 amide bonds. The van der Waals surface area contributed by atoms with E-state index in [1.807, 2.05) is 91.9 Å². The van der Waals surface area contributed by atoms with Gasteiger partial charge < -0.3 is 45.8 Å². The number of nitrogens with zero attached hydrogens (tertiary/aromatic N) is 3. The average Bonchev–Trinajstić information content (AvgIpc) is 4.07. The van der Waals surface area contributed by atoms with Crippen molar-refractivity contribution >= 4 is 23.6 Å². The number of hydrogen-bond donors (Lipinski definition) is 7. The molecule has 2 aliphatic rings. The van der Waals surface area contributed by atoms with Crippen LogP contribution in [-0.2, 0) is 19.2 Å². The molecule has 0 aliphatic carbocycles. The van der Waals surface area contributed by atoms with Crippen LogP contribution in [0, 0.1) is 6.92 Å². The van der Waals surface area contributed by atoms with Crippen LogP contribution < -0.4 is 16.2 Å². The summed E-state index contributed by atoms with van der Waals surface area (Å²) >= 11 is 0. The van der Waals surface area contributed by atoms with Gasteiger partial charge in [0.25, 0.3) is 29.2 Å². The molecule has 2 fully saturated rings. The van der Waals surface area contributed by atoms with Gasteiger partial charge in [-0.15, -0.1) is 0 Å². The van der Waals surface area contributed by atoms with Gasteiger partial charge in [0.05, 0.1) is 24.2 Å². The van der Waals surface area contributed by atoms with E-state index >= 15 is 0 Å². The number of aliphatic hydroxyl groups is 4. The number of carbonyl (C=O) groups is 4. The molecule has 8 rings (SSSR count). The standard InChI is InChI=1S/C55H58N6O9/c1-32-7-4-8-42(29-32)46-30-43(31-61(46)55(70)50(65)48(63)53(68)59-34(3)36-13-19-40(20-14-36)44-9-5-25-57-51(44)66)38-17-21-41(22-18-38)45-10-6-28-60(45)54(69)49(64)47(62)52(67)58-33(2)35-11-15-37(16-12-35)39-23-26-56-27-24-39/h4-5,7-9,11-27,29,33-34,43,45-50,62-65H,6,10,28,30-31H2,1-3H3,(H,57,66)(H,58,67)(H,59,68)/t33-,34+,43?,45+,46+,47+,48+,49+,50+/m0/s1. The molecule has 6 aromatic rings. The number of amides is 4. The third kappa shape index (κ3) is 10.8. The average molecular weight is 947 g/mol. The van der Waals surface area contributed by atoms with Crippen LogP contribution in [0.25, 0.3) is 22.3 Å². The van der Waals surface area contributed by atoms with Crippen molar-refractivity contribution in [3.8, 4) is 22.3 Å². The van der Waals surface area contributed by atoms with Gasteiger partial charge in [-0.1, -0.05) is 103 Å². The summed E-state index contributed by atoms with van der Waals surface area (Å²) in [5, 5.41) is 49.8. The maximum Gasteiger partial charge on any atom is 0.255 e. The number of H-pyrrole nitrogens is 1. The number of benzene rings is 4. The minimum atomic E-state index is -2.06. The maximum absolute atomic E-state index is 14.1. The van der Waals surface area contributed by atoms with E-state index in [4.69, 9.17) is 0 Å². The molecular formula is C55H58N6O9. The Morgan fingerprint density at radius 1 is 0.629 bits per heavy atom. The molecule has 4 aromatic carbocycles. The van der Waals surface area contributed by atoms with Gasteiger partial charge >= 0.3 is 0 Å². The van der Waals surface area contributed by atoms with E-state index in [-0.39, 0.29) is 18.0 Å². The Kier molecular flexibility index (Phi) is 15.1. The van der Waals surface area contributed by atoms with Crippen molar-refractivity contribution in [2.45, 2.75) is 94.5 Å². The van der Waals surface area contributed by atoms with Crippen LogP contribution in [0.15, 0.2) is 145 Å². The number of aryl methyl sites for hydroxylation is 1. The summed E-state index contributed by atoms with van der Waals surface area (Å²) in [6.45, 7) is 5.91. The second kappa shape index (κ2) is 21.6. The molecule has 2 aliphatic heterocycles. The van der Waals surface area contributed by atoms with Crippen LogP contribution in [0.1, 0.15) is 96.6 Å². The van der Waals surface area contributed by atoms with Gasteiger partial charge in [0.2, 0.25) is 0 Å². The SMILES string of the molecule is Cc1cccc([C@H]2CC(c3ccc([C@H]4CCCN4C(=O)[C@H](O)[C@@H](O)C(=O)N[C@@H](C)c4ccc(-c5ccncc5)cc4)cc3)CN2C(=O)[C@H](O)[C@@H](O)C(=O)N[C@H](C)c2ccc(-c3ccc[nH]c3=O)cc2)c1. The minimum absolute atomic E-state index is 0.185. The first-order chi connectivity index (χ1) is 33.7. The molecule has 0 radical (unpaired) electrons. The smallest absolute Gasteiger partial charge is 0.255 e. The van der Waals surface area contributed by atoms with Crippen LogP contribution >= 0.6 is 0 Å². The molecule has 0 saturated carbocycles. The van der Waals surface area contributed by atoms with E-state index in [9.17, 15) is 44.4 Å². The summed E-state index contributed by atoms with van der Waals surface area (Å²) in [7, 11) is 0. The van der Waals surface area contributed by atoms with E-state index in [0.717, 1.165) is 38.9 Å². The zero-order chi connectivity index (χ0) is 49.6. The highest BCUT2D eigenvalue weighted by atomic mass is 16.4. The Morgan fingerprint density at radius 2 is 1.19 bits per heavy atom. The molecule has 9 atom stereocenters. The van der Waals surface area contributed by atoms with E-state index in [0.29, 0.717) is 42.5 Å². The van der Waals surface area contributed by atoms with Crippen molar-refractivity contribution in [2.24, 2.45) is 0 Å². The molecule has 4 heterocycles. The Labute approximate surface area is 405 Å². The van der Waals surface area contributed by atoms with Gasteiger partial charge in [-0.2, -0.15) is 0 Å². The van der Waals surface area contributed by atoms with Crippen molar-refractivity contribution in [3.63, 3.8) is 0 Å². The first-order valence-electron chi connectivity index (χ1n) is 23.6. The van der Waals surface area contributed by atoms with Crippen molar-refractivity contribution in [1.82, 2.24) is 30.4 Å². The number of likely N-dealkylation sites (tertiary alicyclic amines) is 2. The fourth-order valence-electron chi connectivity index (χ4n) is 9.65. The third-order valence-corrected chi connectivity index (χ3v) is 13.7. The van der Waals surface area contributed by atoms with Crippen molar-refractivity contribution < 1.29 is 39.6 Å². The Morgan fingerprint density at radius 3 is 1.77 bits per heavy atom. The summed E-state index contributed by atoms with van der Waals surface area (Å²) in [6, 6.07) is 35.1. The number of aliphatic hydroxyl groups excluding tert-OH is 4. The number of rotatable bonds is 15. The molecule has 7 N–H and O–H groups in total. The van der Waals surface area contributed by atoms with Gasteiger partial charge in [-0.05, 0) is 109 Å². The van der Waals surface area contributed by atoms with Gasteiger partial charge in [-0.3, -0.25) is 29.0 Å². The highest BCUT2D eigenvalue weighted by Gasteiger charge is 2.43. The Bertz CT molecular complexity index is 2860. The second-order valence-corrected chi connectivity index (χ2v) is 18.3. The van der Waals surface area contributed by atoms with Crippen LogP contribution in [-0.4, -0.2) is 101 Å². The molecule has 70 heavy (non-hydrogen) atoms. The topological polar surface area (TPSA) is 225 Å². The molecule has 2 saturated heterocycles. The van der Waals surface area contributed by atoms with E-state index in [1.54, 1.807) is 68.8 Å². The summed E-state index contributed by atoms with van der Waals surface area (Å²) < 4.78 is 0. The summed E-state index contributed by atoms with van der Waals surface area (Å²) in [5.41, 5.74) is 7.86. The highest BCUT2D eigenvalue weighted by molar-refractivity contribution is 5.92. The van der Waals surface area contributed by atoms with Crippen LogP contribution in [0.5, 0.6) is 0 Å². The van der Waals surface area contributed by atoms with E-state index in [2.05, 4.69) is 20.6 Å². The molecule has 0 bridgehead atoms. The van der Waals surface area contributed by atoms with Gasteiger partial charge in [0.1, 0.15) is 0 Å². The highest BCUT2D eigenvalue weighted by Crippen LogP contribution is 2.42. The number of hydrogen-bond acceptors (Lipinski definition) is 10. The maximum atomic E-state index is 14.1. The lowest BCUT2D eigenvalue weighted by Crippen LogP contribution is -2.51. The first kappa shape index (κ1) is 49.1. The van der Waals surface area contributed by atoms with Crippen molar-refractivity contribution in [1.29, 1.82) is 0 Å². The van der Waals surface area contributed by atoms with Gasteiger partial charge in [0.15, 0.2) is 24.4 Å². The third-order valence-electron chi connectivity index (χ3n) is 13.7. The van der Waals surface area contributed by atoms with Crippen LogP contribution in [0.3, 0.4) is 0 Å². The monoisotopic (exact) mass is 946 g/mol. The molecule has 15 heteroatoms. The normalized spacial score (nSPS) is 19.4. The fourth-order valence-corrected chi connectivity index (χ4v) is 9.65. The molecule has 15 nitrogen and oxygen atoms in total. The Balaban J connectivity index is 0.896. The number of nitrogens with one attached hydrogen (secondary N) is 3. The number of aromatic amines is 1. The number of carbonyl (C=O) groups excluding carboxylic acids is 4. The number of pyridine rings is 2. The second-order valence-electron chi connectivity index (χ2n) is 18.3. The van der Waals surface area contributed by atoms with Crippen molar-refractivity contribution in [3.05, 3.63) is 184 Å². The summed E-state index contributed by atoms with van der Waals surface area (Å²) in [4.78, 5) is 76.3. The van der Waals surface area contributed by atoms with Gasteiger partial charge in [-0.25, -0.2) is 0 Å². The zero-order valence-corrected chi connectivity index (χ0v) is 39.2. The molecular weight excluding hydrogens is 889 g/mol. The van der Waals surface area contributed by atoms with Crippen molar-refractivity contribution in [2.75, 3.05) is 13.1 Å². The first-order valence-corrected chi connectivity index (χ1v) is 23.6. The molecule has 0 spiro atoms. The molecule has 2 aromatic heterocycles. The molecule has 362 valence electrons. The van der Waals surface area contributed by atoms with Gasteiger partial charge in [0, 0.05) is 43.2 Å². The Hall–Kier alpha value is -7.30. The van der Waals surface area contributed by atoms with E-state index in [1.165, 1.54) is 9.80 Å². The fraction of sp³-hybridized carbons (Fsp3) is 0.309. The van der Waals surface area contributed by atoms with E-state index < -0.39 is 72.2 Å². The van der Waals surface area contributed by atoms with Crippen LogP contribution in [0.4, 0.5) is 0 Å². The lowest BCUT2D eigenvalue weighted by Gasteiger charge is -2.29. The lowest BCUT2D eigenvalue weighted by molar-refractivity contribution is -0.154. The number of aromatic nitrogens is 2. The summed E-state index contributed by atoms with van der Waals surface area (Å²) in [6.07, 6.45) is -1.42. The quantitative estimate of drug-likeness (QED) is 0.0701. The molecule has 1 unspecified atom stereocenters. The predicted molar refractivity (Wildman–Crippen MR) is 262 cm³/mol. The largest absolute Gasteiger partial charge is 0.380 e. The zero-order valence-electron chi connectivity index (χ0n) is 39.2. The predicted octanol–water partition coefficient (Wildman–Crippen LogP) is 5.33. The summed E-state index contributed by atoms with van der Waals surface area (Å²) in [5.74, 6) is -3.54. The lowest BCUT2D eigenvalue weighted by atomic mass is 9.92. The minimum Gasteiger partial charge on any atom is -0.380 e.